The number of aldehydes is 1. The van der Waals surface area contributed by atoms with Gasteiger partial charge in [-0.1, -0.05) is 83.1 Å². The molecule has 0 aliphatic heterocycles. The summed E-state index contributed by atoms with van der Waals surface area (Å²) < 4.78 is 0. The molecule has 0 spiro atoms. The Morgan fingerprint density at radius 3 is 1.23 bits per heavy atom. The van der Waals surface area contributed by atoms with Gasteiger partial charge in [0.15, 0.2) is 0 Å². The normalized spacial score (nSPS) is 15.8. The maximum absolute atomic E-state index is 14.3. The lowest BCUT2D eigenvalue weighted by Gasteiger charge is -2.38. The molecule has 0 rings (SSSR count). The van der Waals surface area contributed by atoms with Crippen LogP contribution in [0.4, 0.5) is 0 Å². The van der Waals surface area contributed by atoms with Crippen molar-refractivity contribution >= 4 is 47.6 Å². The van der Waals surface area contributed by atoms with E-state index in [0.717, 1.165) is 6.29 Å². The first kappa shape index (κ1) is 55.9. The first-order valence-corrected chi connectivity index (χ1v) is 21.7. The molecule has 0 aromatic rings. The van der Waals surface area contributed by atoms with Crippen LogP contribution in [0.25, 0.3) is 0 Å². The number of amides is 7. The van der Waals surface area contributed by atoms with Gasteiger partial charge in [-0.2, -0.15) is 0 Å². The third-order valence-electron chi connectivity index (χ3n) is 10.8. The maximum atomic E-state index is 14.3. The Morgan fingerprint density at radius 1 is 0.450 bits per heavy atom. The minimum atomic E-state index is -1.12. The van der Waals surface area contributed by atoms with Gasteiger partial charge < -0.3 is 46.1 Å². The van der Waals surface area contributed by atoms with Crippen molar-refractivity contribution in [3.8, 4) is 0 Å². The van der Waals surface area contributed by atoms with Gasteiger partial charge in [0.05, 0.1) is 12.1 Å². The summed E-state index contributed by atoms with van der Waals surface area (Å²) in [4.78, 5) is 113. The van der Waals surface area contributed by atoms with Crippen molar-refractivity contribution in [1.82, 2.24) is 35.6 Å². The average Bonchev–Trinajstić information content (AvgIpc) is 3.14. The van der Waals surface area contributed by atoms with E-state index in [2.05, 4.69) is 16.0 Å². The summed E-state index contributed by atoms with van der Waals surface area (Å²) in [5.74, 6) is -3.86. The van der Waals surface area contributed by atoms with Gasteiger partial charge >= 0.3 is 0 Å². The highest BCUT2D eigenvalue weighted by Gasteiger charge is 2.40. The predicted molar refractivity (Wildman–Crippen MR) is 235 cm³/mol. The Hall–Kier alpha value is -4.08. The second-order valence-corrected chi connectivity index (χ2v) is 19.0. The molecule has 8 atom stereocenters. The summed E-state index contributed by atoms with van der Waals surface area (Å²) in [6, 6.07) is -7.50. The topological polar surface area (TPSA) is 212 Å². The third kappa shape index (κ3) is 17.1. The van der Waals surface area contributed by atoms with Crippen LogP contribution in [0.1, 0.15) is 123 Å². The molecule has 0 saturated heterocycles. The van der Waals surface area contributed by atoms with E-state index < -0.39 is 83.8 Å². The van der Waals surface area contributed by atoms with Crippen molar-refractivity contribution < 1.29 is 38.4 Å². The molecule has 60 heavy (non-hydrogen) atoms. The van der Waals surface area contributed by atoms with E-state index in [0.29, 0.717) is 12.8 Å². The van der Waals surface area contributed by atoms with Crippen LogP contribution in [0.15, 0.2) is 0 Å². The molecule has 0 unspecified atom stereocenters. The molecule has 0 aromatic carbocycles. The van der Waals surface area contributed by atoms with Gasteiger partial charge in [0, 0.05) is 28.2 Å². The van der Waals surface area contributed by atoms with Crippen LogP contribution in [0, 0.1) is 35.5 Å². The van der Waals surface area contributed by atoms with E-state index in [9.17, 15) is 38.4 Å². The van der Waals surface area contributed by atoms with Gasteiger partial charge in [0.1, 0.15) is 42.5 Å². The molecule has 0 aliphatic rings. The smallest absolute Gasteiger partial charge is 0.245 e. The number of nitrogens with zero attached hydrogens (tertiary/aromatic N) is 4. The largest absolute Gasteiger partial charge is 0.343 e. The number of likely N-dealkylation sites (N-methyl/N-ethyl adjacent to an activating group) is 4. The van der Waals surface area contributed by atoms with Crippen molar-refractivity contribution in [3.05, 3.63) is 0 Å². The second-order valence-electron chi connectivity index (χ2n) is 19.0. The van der Waals surface area contributed by atoms with E-state index in [1.807, 2.05) is 69.2 Å². The molecule has 346 valence electrons. The average molecular weight is 851 g/mol. The highest BCUT2D eigenvalue weighted by atomic mass is 16.2. The lowest BCUT2D eigenvalue weighted by atomic mass is 9.96. The summed E-state index contributed by atoms with van der Waals surface area (Å²) in [6.07, 6.45) is 2.05. The Kier molecular flexibility index (Phi) is 23.9. The zero-order valence-corrected chi connectivity index (χ0v) is 40.1. The van der Waals surface area contributed by atoms with E-state index in [1.165, 1.54) is 54.6 Å². The minimum Gasteiger partial charge on any atom is -0.343 e. The summed E-state index contributed by atoms with van der Waals surface area (Å²) >= 11 is 0. The van der Waals surface area contributed by atoms with Crippen LogP contribution >= 0.6 is 0 Å². The molecule has 5 N–H and O–H groups in total. The van der Waals surface area contributed by atoms with E-state index in [1.54, 1.807) is 20.9 Å². The summed E-state index contributed by atoms with van der Waals surface area (Å²) in [5, 5.41) is 8.13. The van der Waals surface area contributed by atoms with Crippen LogP contribution < -0.4 is 21.7 Å². The number of nitrogens with two attached hydrogens (primary N) is 1. The molecule has 7 amide bonds. The van der Waals surface area contributed by atoms with Gasteiger partial charge in [-0.15, -0.1) is 0 Å². The van der Waals surface area contributed by atoms with Crippen molar-refractivity contribution in [3.63, 3.8) is 0 Å². The number of hydrogen-bond donors (Lipinski definition) is 4. The Bertz CT molecular complexity index is 1450. The maximum Gasteiger partial charge on any atom is 0.245 e. The lowest BCUT2D eigenvalue weighted by Crippen LogP contribution is -2.60. The van der Waals surface area contributed by atoms with Crippen molar-refractivity contribution in [1.29, 1.82) is 0 Å². The zero-order valence-electron chi connectivity index (χ0n) is 40.1. The zero-order chi connectivity index (χ0) is 47.1. The Balaban J connectivity index is 6.21. The number of rotatable bonds is 25. The predicted octanol–water partition coefficient (Wildman–Crippen LogP) is 2.81. The molecule has 16 heteroatoms. The Morgan fingerprint density at radius 2 is 0.833 bits per heavy atom. The van der Waals surface area contributed by atoms with Gasteiger partial charge in [-0.25, -0.2) is 0 Å². The molecule has 0 saturated carbocycles. The quantitative estimate of drug-likeness (QED) is 0.0994. The first-order valence-electron chi connectivity index (χ1n) is 21.7. The van der Waals surface area contributed by atoms with Gasteiger partial charge in [-0.3, -0.25) is 33.6 Å². The van der Waals surface area contributed by atoms with Crippen molar-refractivity contribution in [2.45, 2.75) is 171 Å². The van der Waals surface area contributed by atoms with Gasteiger partial charge in [0.2, 0.25) is 41.4 Å². The number of carbonyl (C=O) groups excluding carboxylic acids is 8. The van der Waals surface area contributed by atoms with Gasteiger partial charge in [-0.05, 0) is 75.0 Å². The number of hydrogen-bond acceptors (Lipinski definition) is 9. The van der Waals surface area contributed by atoms with E-state index in [4.69, 9.17) is 5.73 Å². The summed E-state index contributed by atoms with van der Waals surface area (Å²) in [6.45, 7) is 25.6. The van der Waals surface area contributed by atoms with Crippen LogP contribution in [-0.2, 0) is 38.4 Å². The van der Waals surface area contributed by atoms with Crippen LogP contribution in [0.2, 0.25) is 0 Å². The standard InChI is InChI=1S/C44H82N8O8/c1-24(2)19-32(45)39(55)48-37(29(11)12)44(60)49(15)33(20-25(3)4)40(56)46-30(13)38(54)47-31(14)41(57)50(16)34(21-26(5)6)42(58)51(17)35(22-27(7)8)43(59)52(18)36(23-53)28(9)10/h23-37H,19-22,45H2,1-18H3,(H,46,56)(H,47,54)(H,48,55)/t30-,31+,32-,33-,34-,35-,36+,37-/m0/s1. The second kappa shape index (κ2) is 25.6. The molecule has 0 radical (unpaired) electrons. The fraction of sp³-hybridized carbons (Fsp3) is 0.818. The third-order valence-corrected chi connectivity index (χ3v) is 10.8. The highest BCUT2D eigenvalue weighted by molar-refractivity contribution is 5.97. The van der Waals surface area contributed by atoms with Crippen molar-refractivity contribution in [2.75, 3.05) is 28.2 Å². The van der Waals surface area contributed by atoms with Crippen molar-refractivity contribution in [2.24, 2.45) is 41.2 Å². The number of carbonyl (C=O) groups is 8. The van der Waals surface area contributed by atoms with Crippen LogP contribution in [-0.4, -0.2) is 144 Å². The molecule has 0 aliphatic carbocycles. The minimum absolute atomic E-state index is 0.0200. The lowest BCUT2D eigenvalue weighted by molar-refractivity contribution is -0.152. The van der Waals surface area contributed by atoms with Crippen LogP contribution in [0.5, 0.6) is 0 Å². The summed E-state index contributed by atoms with van der Waals surface area (Å²) in [5.41, 5.74) is 6.09. The van der Waals surface area contributed by atoms with Crippen LogP contribution in [0.3, 0.4) is 0 Å². The first-order chi connectivity index (χ1) is 27.5. The van der Waals surface area contributed by atoms with E-state index in [-0.39, 0.29) is 54.3 Å². The molecule has 0 bridgehead atoms. The SMILES string of the molecule is CC(C)C[C@H](N)C(=O)N[C@H](C(=O)N(C)[C@@H](CC(C)C)C(=O)N[C@@H](C)C(=O)N[C@H](C)C(=O)N(C)[C@@H](CC(C)C)C(=O)N(C)[C@@H](CC(C)C)C(=O)N(C)[C@H](C=O)C(C)C)C(C)C. The molecular formula is C44H82N8O8. The molecule has 16 nitrogen and oxygen atoms in total. The number of nitrogens with one attached hydrogen (secondary N) is 3. The molecular weight excluding hydrogens is 769 g/mol. The Labute approximate surface area is 361 Å². The fourth-order valence-corrected chi connectivity index (χ4v) is 7.09. The summed E-state index contributed by atoms with van der Waals surface area (Å²) in [7, 11) is 6.06. The molecule has 0 aromatic heterocycles. The fourth-order valence-electron chi connectivity index (χ4n) is 7.09. The highest BCUT2D eigenvalue weighted by Crippen LogP contribution is 2.21. The van der Waals surface area contributed by atoms with Gasteiger partial charge in [0.25, 0.3) is 0 Å². The molecule has 0 heterocycles. The molecule has 0 fully saturated rings. The van der Waals surface area contributed by atoms with E-state index >= 15 is 0 Å². The monoisotopic (exact) mass is 851 g/mol.